The van der Waals surface area contributed by atoms with Gasteiger partial charge in [0, 0.05) is 28.8 Å². The van der Waals surface area contributed by atoms with Gasteiger partial charge in [-0.1, -0.05) is 29.3 Å². The maximum Gasteiger partial charge on any atom is 0.251 e. The van der Waals surface area contributed by atoms with Gasteiger partial charge in [-0.15, -0.1) is 0 Å². The Morgan fingerprint density at radius 3 is 2.68 bits per heavy atom. The highest BCUT2D eigenvalue weighted by Gasteiger charge is 2.15. The molecule has 1 amide bonds. The number of amides is 1. The molecule has 0 bridgehead atoms. The number of fused-ring (bicyclic) bond motifs is 1. The van der Waals surface area contributed by atoms with Crippen molar-refractivity contribution in [2.75, 3.05) is 13.2 Å². The largest absolute Gasteiger partial charge is 0.493 e. The van der Waals surface area contributed by atoms with Crippen molar-refractivity contribution in [1.82, 2.24) is 5.32 Å². The highest BCUT2D eigenvalue weighted by molar-refractivity contribution is 6.32. The molecule has 0 aliphatic carbocycles. The van der Waals surface area contributed by atoms with Crippen LogP contribution in [-0.4, -0.2) is 19.1 Å². The smallest absolute Gasteiger partial charge is 0.251 e. The lowest BCUT2D eigenvalue weighted by molar-refractivity contribution is 0.0954. The predicted octanol–water partition coefficient (Wildman–Crippen LogP) is 6.22. The molecule has 1 N–H and O–H groups in total. The van der Waals surface area contributed by atoms with Gasteiger partial charge in [0.05, 0.1) is 11.6 Å². The van der Waals surface area contributed by atoms with Crippen LogP contribution in [-0.2, 0) is 12.8 Å². The van der Waals surface area contributed by atoms with Gasteiger partial charge in [-0.3, -0.25) is 4.79 Å². The fourth-order valence-corrected chi connectivity index (χ4v) is 3.89. The van der Waals surface area contributed by atoms with Crippen LogP contribution in [0.1, 0.15) is 27.9 Å². The molecule has 31 heavy (non-hydrogen) atoms. The minimum absolute atomic E-state index is 0.265. The summed E-state index contributed by atoms with van der Waals surface area (Å²) in [6.07, 6.45) is 2.21. The number of ether oxygens (including phenoxy) is 2. The van der Waals surface area contributed by atoms with Gasteiger partial charge in [0.25, 0.3) is 5.91 Å². The second-order valence-corrected chi connectivity index (χ2v) is 7.99. The summed E-state index contributed by atoms with van der Waals surface area (Å²) in [6, 6.07) is 14.9. The number of halogens is 3. The Hall–Kier alpha value is -2.76. The van der Waals surface area contributed by atoms with Crippen molar-refractivity contribution >= 4 is 29.1 Å². The van der Waals surface area contributed by atoms with E-state index in [1.165, 1.54) is 6.07 Å². The van der Waals surface area contributed by atoms with Gasteiger partial charge in [0.2, 0.25) is 0 Å². The quantitative estimate of drug-likeness (QED) is 0.475. The number of nitrogens with one attached hydrogen (secondary N) is 1. The van der Waals surface area contributed by atoms with Gasteiger partial charge in [0.15, 0.2) is 0 Å². The molecule has 0 fully saturated rings. The van der Waals surface area contributed by atoms with Crippen molar-refractivity contribution in [3.8, 4) is 17.2 Å². The molecule has 0 saturated carbocycles. The average Bonchev–Trinajstić information content (AvgIpc) is 2.76. The van der Waals surface area contributed by atoms with E-state index in [4.69, 9.17) is 32.7 Å². The van der Waals surface area contributed by atoms with Crippen molar-refractivity contribution in [1.29, 1.82) is 0 Å². The Morgan fingerprint density at radius 2 is 1.90 bits per heavy atom. The van der Waals surface area contributed by atoms with E-state index >= 15 is 0 Å². The van der Waals surface area contributed by atoms with Crippen LogP contribution in [0.2, 0.25) is 10.0 Å². The molecule has 1 aliphatic heterocycles. The fraction of sp³-hybridized carbons (Fsp3) is 0.208. The van der Waals surface area contributed by atoms with Crippen molar-refractivity contribution < 1.29 is 18.7 Å². The van der Waals surface area contributed by atoms with Crippen molar-refractivity contribution in [2.24, 2.45) is 0 Å². The van der Waals surface area contributed by atoms with Crippen molar-refractivity contribution in [2.45, 2.75) is 19.3 Å². The van der Waals surface area contributed by atoms with Crippen molar-refractivity contribution in [3.63, 3.8) is 0 Å². The number of hydrogen-bond acceptors (Lipinski definition) is 3. The number of aryl methyl sites for hydroxylation is 1. The SMILES string of the molecule is O=C(NCCc1c(F)cccc1Cl)c1ccc(Oc2cc3c(cc2Cl)CCCO3)cc1. The zero-order valence-corrected chi connectivity index (χ0v) is 18.1. The topological polar surface area (TPSA) is 47.6 Å². The molecule has 0 atom stereocenters. The fourth-order valence-electron chi connectivity index (χ4n) is 3.40. The van der Waals surface area contributed by atoms with Crippen molar-refractivity contribution in [3.05, 3.63) is 87.2 Å². The first-order chi connectivity index (χ1) is 15.0. The van der Waals surface area contributed by atoms with E-state index in [2.05, 4.69) is 5.32 Å². The monoisotopic (exact) mass is 459 g/mol. The molecule has 0 saturated heterocycles. The minimum Gasteiger partial charge on any atom is -0.493 e. The highest BCUT2D eigenvalue weighted by atomic mass is 35.5. The minimum atomic E-state index is -0.380. The first-order valence-corrected chi connectivity index (χ1v) is 10.7. The van der Waals surface area contributed by atoms with E-state index in [0.717, 1.165) is 24.2 Å². The lowest BCUT2D eigenvalue weighted by atomic mass is 10.1. The Morgan fingerprint density at radius 1 is 1.10 bits per heavy atom. The Balaban J connectivity index is 1.36. The molecular formula is C24H20Cl2FNO3. The third-order valence-electron chi connectivity index (χ3n) is 5.03. The number of carbonyl (C=O) groups is 1. The third kappa shape index (κ3) is 5.12. The second kappa shape index (κ2) is 9.58. The Labute approximate surface area is 189 Å². The summed E-state index contributed by atoms with van der Waals surface area (Å²) in [6.45, 7) is 0.948. The molecule has 4 rings (SSSR count). The van der Waals surface area contributed by atoms with E-state index < -0.39 is 0 Å². The molecule has 3 aromatic carbocycles. The van der Waals surface area contributed by atoms with Crippen LogP contribution >= 0.6 is 23.2 Å². The van der Waals surface area contributed by atoms with E-state index in [1.54, 1.807) is 42.5 Å². The lowest BCUT2D eigenvalue weighted by Crippen LogP contribution is -2.25. The van der Waals surface area contributed by atoms with E-state index in [-0.39, 0.29) is 18.3 Å². The van der Waals surface area contributed by atoms with Gasteiger partial charge >= 0.3 is 0 Å². The highest BCUT2D eigenvalue weighted by Crippen LogP contribution is 2.37. The van der Waals surface area contributed by atoms with Crippen LogP contribution in [0.4, 0.5) is 4.39 Å². The number of carbonyl (C=O) groups excluding carboxylic acids is 1. The molecule has 7 heteroatoms. The Kier molecular flexibility index (Phi) is 6.64. The molecule has 0 unspecified atom stereocenters. The normalized spacial score (nSPS) is 12.6. The zero-order valence-electron chi connectivity index (χ0n) is 16.6. The van der Waals surface area contributed by atoms with Gasteiger partial charge < -0.3 is 14.8 Å². The van der Waals surface area contributed by atoms with E-state index in [9.17, 15) is 9.18 Å². The molecule has 0 aromatic heterocycles. The van der Waals surface area contributed by atoms with Gasteiger partial charge in [-0.05, 0) is 67.3 Å². The van der Waals surface area contributed by atoms with E-state index in [0.29, 0.717) is 45.7 Å². The van der Waals surface area contributed by atoms with Crippen LogP contribution in [0.3, 0.4) is 0 Å². The van der Waals surface area contributed by atoms with Gasteiger partial charge in [-0.25, -0.2) is 4.39 Å². The first kappa shape index (κ1) is 21.5. The summed E-state index contributed by atoms with van der Waals surface area (Å²) in [5, 5.41) is 3.63. The van der Waals surface area contributed by atoms with E-state index in [1.807, 2.05) is 6.07 Å². The van der Waals surface area contributed by atoms with Crippen LogP contribution in [0.25, 0.3) is 0 Å². The Bertz CT molecular complexity index is 1080. The molecule has 1 aliphatic rings. The summed E-state index contributed by atoms with van der Waals surface area (Å²) >= 11 is 12.4. The molecule has 0 spiro atoms. The molecule has 1 heterocycles. The predicted molar refractivity (Wildman–Crippen MR) is 119 cm³/mol. The van der Waals surface area contributed by atoms with Crippen LogP contribution < -0.4 is 14.8 Å². The van der Waals surface area contributed by atoms with Gasteiger partial charge in [-0.2, -0.15) is 0 Å². The molecule has 0 radical (unpaired) electrons. The number of benzene rings is 3. The molecule has 4 nitrogen and oxygen atoms in total. The maximum atomic E-state index is 13.8. The van der Waals surface area contributed by atoms with Crippen LogP contribution in [0.5, 0.6) is 17.2 Å². The average molecular weight is 460 g/mol. The summed E-state index contributed by atoms with van der Waals surface area (Å²) < 4.78 is 25.4. The maximum absolute atomic E-state index is 13.8. The standard InChI is InChI=1S/C24H20Cl2FNO3/c25-19-4-1-5-21(27)18(19)10-11-28-24(29)15-6-8-17(9-7-15)31-23-14-22-16(13-20(23)26)3-2-12-30-22/h1,4-9,13-14H,2-3,10-12H2,(H,28,29). The molecule has 160 valence electrons. The molecular weight excluding hydrogens is 440 g/mol. The molecule has 3 aromatic rings. The summed E-state index contributed by atoms with van der Waals surface area (Å²) in [5.74, 6) is 1.19. The number of rotatable bonds is 6. The summed E-state index contributed by atoms with van der Waals surface area (Å²) in [5.41, 5.74) is 1.93. The van der Waals surface area contributed by atoms with Crippen LogP contribution in [0, 0.1) is 5.82 Å². The summed E-state index contributed by atoms with van der Waals surface area (Å²) in [4.78, 5) is 12.4. The summed E-state index contributed by atoms with van der Waals surface area (Å²) in [7, 11) is 0. The third-order valence-corrected chi connectivity index (χ3v) is 5.68. The number of hydrogen-bond donors (Lipinski definition) is 1. The second-order valence-electron chi connectivity index (χ2n) is 7.17. The zero-order chi connectivity index (χ0) is 21.8. The first-order valence-electron chi connectivity index (χ1n) is 9.95. The van der Waals surface area contributed by atoms with Crippen LogP contribution in [0.15, 0.2) is 54.6 Å². The lowest BCUT2D eigenvalue weighted by Gasteiger charge is -2.19. The van der Waals surface area contributed by atoms with Gasteiger partial charge in [0.1, 0.15) is 23.1 Å².